The molecule has 0 spiro atoms. The number of carbonyl (C=O) groups is 2. The van der Waals surface area contributed by atoms with Crippen molar-refractivity contribution in [3.05, 3.63) is 34.9 Å². The molecular formula is C17H23N5O3. The van der Waals surface area contributed by atoms with Crippen LogP contribution >= 0.6 is 0 Å². The fraction of sp³-hybridized carbons (Fsp3) is 0.529. The molecule has 3 heterocycles. The number of fused-ring (bicyclic) bond motifs is 1. The zero-order chi connectivity index (χ0) is 17.6. The summed E-state index contributed by atoms with van der Waals surface area (Å²) in [4.78, 5) is 37.9. The highest BCUT2D eigenvalue weighted by Crippen LogP contribution is 2.11. The molecular weight excluding hydrogens is 322 g/mol. The van der Waals surface area contributed by atoms with Crippen LogP contribution in [0.15, 0.2) is 29.2 Å². The monoisotopic (exact) mass is 345 g/mol. The fourth-order valence-corrected chi connectivity index (χ4v) is 3.04. The zero-order valence-corrected chi connectivity index (χ0v) is 14.2. The van der Waals surface area contributed by atoms with Crippen molar-refractivity contribution in [1.82, 2.24) is 24.4 Å². The predicted molar refractivity (Wildman–Crippen MR) is 92.1 cm³/mol. The minimum atomic E-state index is -0.332. The number of hydrogen-bond acceptors (Lipinski definition) is 4. The second-order valence-electron chi connectivity index (χ2n) is 6.26. The third kappa shape index (κ3) is 4.26. The molecule has 2 aromatic rings. The average molecular weight is 345 g/mol. The molecule has 1 aliphatic rings. The fourth-order valence-electron chi connectivity index (χ4n) is 3.04. The molecule has 2 aromatic heterocycles. The number of carbonyl (C=O) groups excluding carboxylic acids is 2. The lowest BCUT2D eigenvalue weighted by Crippen LogP contribution is -2.36. The van der Waals surface area contributed by atoms with Gasteiger partial charge in [-0.2, -0.15) is 0 Å². The maximum Gasteiger partial charge on any atom is 0.350 e. The summed E-state index contributed by atoms with van der Waals surface area (Å²) in [6.45, 7) is 1.84. The number of nitrogens with one attached hydrogen (secondary N) is 1. The Morgan fingerprint density at radius 2 is 2.08 bits per heavy atom. The maximum absolute atomic E-state index is 12.1. The first-order chi connectivity index (χ1) is 12.1. The van der Waals surface area contributed by atoms with Gasteiger partial charge in [-0.15, -0.1) is 5.10 Å². The molecule has 8 heteroatoms. The Kier molecular flexibility index (Phi) is 5.47. The summed E-state index contributed by atoms with van der Waals surface area (Å²) in [6, 6.07) is 5.24. The number of rotatable bonds is 6. The number of amides is 2. The summed E-state index contributed by atoms with van der Waals surface area (Å²) in [5.74, 6) is -0.0484. The van der Waals surface area contributed by atoms with E-state index in [4.69, 9.17) is 0 Å². The van der Waals surface area contributed by atoms with Gasteiger partial charge in [-0.05, 0) is 31.4 Å². The molecule has 1 fully saturated rings. The Morgan fingerprint density at radius 1 is 1.20 bits per heavy atom. The van der Waals surface area contributed by atoms with Crippen LogP contribution in [0.5, 0.6) is 0 Å². The van der Waals surface area contributed by atoms with Gasteiger partial charge in [0.05, 0.1) is 0 Å². The van der Waals surface area contributed by atoms with Gasteiger partial charge in [0.2, 0.25) is 11.8 Å². The number of nitrogens with zero attached hydrogens (tertiary/aromatic N) is 4. The van der Waals surface area contributed by atoms with Gasteiger partial charge in [0, 0.05) is 32.3 Å². The molecule has 1 N–H and O–H groups in total. The topological polar surface area (TPSA) is 88.7 Å². The van der Waals surface area contributed by atoms with Gasteiger partial charge >= 0.3 is 5.69 Å². The van der Waals surface area contributed by atoms with Crippen molar-refractivity contribution in [3.8, 4) is 0 Å². The molecule has 25 heavy (non-hydrogen) atoms. The molecule has 8 nitrogen and oxygen atoms in total. The van der Waals surface area contributed by atoms with E-state index in [0.29, 0.717) is 31.6 Å². The first-order valence-corrected chi connectivity index (χ1v) is 8.74. The average Bonchev–Trinajstić information content (AvgIpc) is 2.77. The second-order valence-corrected chi connectivity index (χ2v) is 6.26. The van der Waals surface area contributed by atoms with Gasteiger partial charge in [-0.1, -0.05) is 12.5 Å². The largest absolute Gasteiger partial charge is 0.354 e. The molecule has 0 unspecified atom stereocenters. The molecule has 2 amide bonds. The summed E-state index contributed by atoms with van der Waals surface area (Å²) in [5, 5.41) is 6.91. The van der Waals surface area contributed by atoms with Gasteiger partial charge in [-0.25, -0.2) is 9.48 Å². The zero-order valence-electron chi connectivity index (χ0n) is 14.2. The van der Waals surface area contributed by atoms with Crippen molar-refractivity contribution in [2.75, 3.05) is 19.6 Å². The van der Waals surface area contributed by atoms with Gasteiger partial charge < -0.3 is 10.2 Å². The molecule has 0 aromatic carbocycles. The quantitative estimate of drug-likeness (QED) is 0.768. The molecule has 0 atom stereocenters. The smallest absolute Gasteiger partial charge is 0.350 e. The van der Waals surface area contributed by atoms with Gasteiger partial charge in [0.1, 0.15) is 6.54 Å². The second kappa shape index (κ2) is 7.96. The van der Waals surface area contributed by atoms with Crippen LogP contribution in [0, 0.1) is 0 Å². The highest BCUT2D eigenvalue weighted by atomic mass is 16.2. The van der Waals surface area contributed by atoms with E-state index in [1.54, 1.807) is 24.4 Å². The third-order valence-corrected chi connectivity index (χ3v) is 4.38. The van der Waals surface area contributed by atoms with E-state index < -0.39 is 0 Å². The first-order valence-electron chi connectivity index (χ1n) is 8.74. The van der Waals surface area contributed by atoms with E-state index >= 15 is 0 Å². The molecule has 1 saturated heterocycles. The Balaban J connectivity index is 1.45. The van der Waals surface area contributed by atoms with Crippen LogP contribution in [-0.2, 0) is 16.1 Å². The summed E-state index contributed by atoms with van der Waals surface area (Å²) < 4.78 is 2.56. The van der Waals surface area contributed by atoms with E-state index in [9.17, 15) is 14.4 Å². The van der Waals surface area contributed by atoms with Gasteiger partial charge in [-0.3, -0.25) is 14.0 Å². The Hall–Kier alpha value is -2.64. The van der Waals surface area contributed by atoms with Crippen molar-refractivity contribution in [1.29, 1.82) is 0 Å². The molecule has 0 aliphatic carbocycles. The lowest BCUT2D eigenvalue weighted by Gasteiger charge is -2.20. The summed E-state index contributed by atoms with van der Waals surface area (Å²) in [6.07, 6.45) is 6.08. The summed E-state index contributed by atoms with van der Waals surface area (Å²) in [5.41, 5.74) is 0.181. The predicted octanol–water partition coefficient (Wildman–Crippen LogP) is 0.405. The van der Waals surface area contributed by atoms with E-state index in [1.165, 1.54) is 4.40 Å². The van der Waals surface area contributed by atoms with E-state index in [0.717, 1.165) is 30.5 Å². The molecule has 1 aliphatic heterocycles. The Labute approximate surface area is 145 Å². The molecule has 0 radical (unpaired) electrons. The summed E-state index contributed by atoms with van der Waals surface area (Å²) >= 11 is 0. The van der Waals surface area contributed by atoms with Crippen LogP contribution in [0.2, 0.25) is 0 Å². The third-order valence-electron chi connectivity index (χ3n) is 4.38. The minimum absolute atomic E-state index is 0.108. The Bertz CT molecular complexity index is 810. The lowest BCUT2D eigenvalue weighted by atomic mass is 10.2. The van der Waals surface area contributed by atoms with Crippen molar-refractivity contribution in [3.63, 3.8) is 0 Å². The summed E-state index contributed by atoms with van der Waals surface area (Å²) in [7, 11) is 0. The Morgan fingerprint density at radius 3 is 2.92 bits per heavy atom. The van der Waals surface area contributed by atoms with Crippen LogP contribution in [-0.4, -0.2) is 50.5 Å². The van der Waals surface area contributed by atoms with Crippen LogP contribution in [0.4, 0.5) is 0 Å². The number of pyridine rings is 1. The van der Waals surface area contributed by atoms with E-state index in [-0.39, 0.29) is 24.0 Å². The number of aromatic nitrogens is 3. The maximum atomic E-state index is 12.1. The van der Waals surface area contributed by atoms with Crippen LogP contribution in [0.25, 0.3) is 5.65 Å². The minimum Gasteiger partial charge on any atom is -0.354 e. The van der Waals surface area contributed by atoms with E-state index in [2.05, 4.69) is 10.4 Å². The van der Waals surface area contributed by atoms with Gasteiger partial charge in [0.15, 0.2) is 5.65 Å². The first kappa shape index (κ1) is 17.2. The molecule has 0 saturated carbocycles. The van der Waals surface area contributed by atoms with E-state index in [1.807, 2.05) is 4.90 Å². The number of hydrogen-bond donors (Lipinski definition) is 1. The van der Waals surface area contributed by atoms with Crippen LogP contribution in [0.1, 0.15) is 32.1 Å². The van der Waals surface area contributed by atoms with Crippen LogP contribution in [0.3, 0.4) is 0 Å². The highest BCUT2D eigenvalue weighted by molar-refractivity contribution is 5.76. The van der Waals surface area contributed by atoms with Crippen molar-refractivity contribution >= 4 is 17.5 Å². The molecule has 3 rings (SSSR count). The van der Waals surface area contributed by atoms with Gasteiger partial charge in [0.25, 0.3) is 0 Å². The standard InChI is InChI=1S/C17H23N5O3/c23-15(13-22-17(25)21-12-5-3-7-14(21)19-22)18-9-6-11-20-10-4-1-2-8-16(20)24/h3,5,7,12H,1-2,4,6,8-11,13H2,(H,18,23). The SMILES string of the molecule is O=C(Cn1nc2ccccn2c1=O)NCCCN1CCCCCC1=O. The highest BCUT2D eigenvalue weighted by Gasteiger charge is 2.16. The molecule has 0 bridgehead atoms. The lowest BCUT2D eigenvalue weighted by molar-refractivity contribution is -0.130. The van der Waals surface area contributed by atoms with Crippen molar-refractivity contribution in [2.24, 2.45) is 0 Å². The molecule has 134 valence electrons. The van der Waals surface area contributed by atoms with Crippen molar-refractivity contribution < 1.29 is 9.59 Å². The normalized spacial score (nSPS) is 15.4. The van der Waals surface area contributed by atoms with Crippen LogP contribution < -0.4 is 11.0 Å². The van der Waals surface area contributed by atoms with Crippen molar-refractivity contribution in [2.45, 2.75) is 38.6 Å². The number of likely N-dealkylation sites (tertiary alicyclic amines) is 1.